The predicted molar refractivity (Wildman–Crippen MR) is 206 cm³/mol. The standard InChI is InChI=1S/C39H47F7N8O5S/c1-37(57)12-2-13-54(21-37)34-27(39(44,45)46)19-47-36(50-34)48-30-6-4-25(18-28(30)40)60(58,59)51-32-11-14-52(22-38(32,42)43)20-23-9-15-53(16-10-23)31-7-3-24(17-29(31)41)26-5-8-33(55)49-35(26)56/h3-4,6-7,17-19,23,26,32,35,51,56-57H,2,5,8-16,20-22H2,1H3,(H,49,55)(H,47,48,50)/t26?,32-,35?,37-/m0/s1. The lowest BCUT2D eigenvalue weighted by molar-refractivity contribution is -0.137. The Morgan fingerprint density at radius 3 is 2.37 bits per heavy atom. The van der Waals surface area contributed by atoms with E-state index >= 15 is 17.6 Å². The van der Waals surface area contributed by atoms with Gasteiger partial charge in [0.15, 0.2) is 0 Å². The lowest BCUT2D eigenvalue weighted by Gasteiger charge is -2.41. The molecule has 4 atom stereocenters. The molecule has 4 aliphatic heterocycles. The maximum Gasteiger partial charge on any atom is 0.421 e. The number of carbonyl (C=O) groups is 1. The van der Waals surface area contributed by atoms with Crippen LogP contribution in [0.2, 0.25) is 0 Å². The van der Waals surface area contributed by atoms with E-state index in [1.165, 1.54) is 17.9 Å². The van der Waals surface area contributed by atoms with Crippen molar-refractivity contribution >= 4 is 39.1 Å². The number of aliphatic hydroxyl groups is 2. The highest BCUT2D eigenvalue weighted by Crippen LogP contribution is 2.39. The molecule has 4 saturated heterocycles. The van der Waals surface area contributed by atoms with Crippen LogP contribution in [0, 0.1) is 17.6 Å². The average molecular weight is 873 g/mol. The van der Waals surface area contributed by atoms with Gasteiger partial charge in [-0.15, -0.1) is 0 Å². The first kappa shape index (κ1) is 43.8. The van der Waals surface area contributed by atoms with Crippen LogP contribution in [0.15, 0.2) is 47.5 Å². The van der Waals surface area contributed by atoms with E-state index in [2.05, 4.69) is 20.6 Å². The summed E-state index contributed by atoms with van der Waals surface area (Å²) < 4.78 is 132. The molecule has 2 aromatic carbocycles. The summed E-state index contributed by atoms with van der Waals surface area (Å²) in [5.41, 5.74) is -1.84. The van der Waals surface area contributed by atoms with Gasteiger partial charge in [-0.25, -0.2) is 35.7 Å². The van der Waals surface area contributed by atoms with E-state index in [0.717, 1.165) is 12.1 Å². The number of amides is 1. The van der Waals surface area contributed by atoms with Crippen LogP contribution in [0.5, 0.6) is 0 Å². The minimum atomic E-state index is -4.83. The number of aromatic nitrogens is 2. The Hall–Kier alpha value is -4.31. The van der Waals surface area contributed by atoms with Crippen LogP contribution in [-0.4, -0.2) is 109 Å². The fourth-order valence-corrected chi connectivity index (χ4v) is 9.90. The topological polar surface area (TPSA) is 163 Å². The number of nitrogens with one attached hydrogen (secondary N) is 3. The SMILES string of the molecule is C[C@]1(O)CCCN(c2nc(Nc3ccc(S(=O)(=O)N[C@H]4CCN(CC5CCN(c6ccc(C7CCC(=O)NC7O)cc6F)CC5)CC4(F)F)cc3F)ncc2C(F)(F)F)C1. The number of hydrogen-bond donors (Lipinski definition) is 5. The number of benzene rings is 2. The summed E-state index contributed by atoms with van der Waals surface area (Å²) in [5, 5.41) is 25.6. The van der Waals surface area contributed by atoms with E-state index < -0.39 is 86.3 Å². The Labute approximate surface area is 342 Å². The maximum absolute atomic E-state index is 15.5. The van der Waals surface area contributed by atoms with E-state index in [9.17, 15) is 36.6 Å². The molecule has 0 radical (unpaired) electrons. The minimum Gasteiger partial charge on any atom is -0.388 e. The first-order valence-electron chi connectivity index (χ1n) is 19.8. The van der Waals surface area contributed by atoms with Crippen LogP contribution in [0.4, 0.5) is 53.9 Å². The molecule has 7 rings (SSSR count). The monoisotopic (exact) mass is 872 g/mol. The third-order valence-corrected chi connectivity index (χ3v) is 13.2. The molecule has 0 saturated carbocycles. The molecule has 21 heteroatoms. The van der Waals surface area contributed by atoms with Crippen LogP contribution in [0.3, 0.4) is 0 Å². The van der Waals surface area contributed by atoms with Gasteiger partial charge in [-0.3, -0.25) is 9.69 Å². The summed E-state index contributed by atoms with van der Waals surface area (Å²) in [4.78, 5) is 23.3. The fraction of sp³-hybridized carbons (Fsp3) is 0.564. The zero-order chi connectivity index (χ0) is 43.2. The summed E-state index contributed by atoms with van der Waals surface area (Å²) in [6.45, 7) is 2.27. The number of likely N-dealkylation sites (tertiary alicyclic amines) is 1. The molecule has 0 bridgehead atoms. The van der Waals surface area contributed by atoms with Crippen molar-refractivity contribution in [3.63, 3.8) is 0 Å². The zero-order valence-corrected chi connectivity index (χ0v) is 33.5. The van der Waals surface area contributed by atoms with Gasteiger partial charge < -0.3 is 30.6 Å². The molecule has 3 aromatic rings. The van der Waals surface area contributed by atoms with Crippen LogP contribution < -0.4 is 25.2 Å². The molecule has 0 spiro atoms. The van der Waals surface area contributed by atoms with Crippen molar-refractivity contribution in [3.05, 3.63) is 65.4 Å². The summed E-state index contributed by atoms with van der Waals surface area (Å²) in [5.74, 6) is -6.70. The van der Waals surface area contributed by atoms with Gasteiger partial charge in [0.2, 0.25) is 21.9 Å². The van der Waals surface area contributed by atoms with Crippen molar-refractivity contribution < 1.29 is 54.2 Å². The first-order valence-corrected chi connectivity index (χ1v) is 21.3. The number of alkyl halides is 5. The Bertz CT molecular complexity index is 2170. The molecule has 1 amide bonds. The number of aliphatic hydroxyl groups excluding tert-OH is 1. The summed E-state index contributed by atoms with van der Waals surface area (Å²) in [6.07, 6.45) is -3.02. The second-order valence-corrected chi connectivity index (χ2v) is 18.2. The zero-order valence-electron chi connectivity index (χ0n) is 32.7. The lowest BCUT2D eigenvalue weighted by Crippen LogP contribution is -2.59. The van der Waals surface area contributed by atoms with Crippen molar-refractivity contribution in [2.45, 2.75) is 92.7 Å². The van der Waals surface area contributed by atoms with Gasteiger partial charge in [0, 0.05) is 57.8 Å². The van der Waals surface area contributed by atoms with Gasteiger partial charge in [-0.1, -0.05) is 6.07 Å². The van der Waals surface area contributed by atoms with E-state index in [0.29, 0.717) is 75.3 Å². The van der Waals surface area contributed by atoms with Crippen molar-refractivity contribution in [1.29, 1.82) is 0 Å². The molecule has 60 heavy (non-hydrogen) atoms. The normalized spacial score (nSPS) is 25.9. The third-order valence-electron chi connectivity index (χ3n) is 11.8. The number of sulfonamides is 1. The first-order chi connectivity index (χ1) is 28.2. The third kappa shape index (κ3) is 9.90. The number of β-amino-alcohol motifs (C(OH)–C–C–N with tert-alkyl or cyclic N) is 1. The highest BCUT2D eigenvalue weighted by Gasteiger charge is 2.47. The Balaban J connectivity index is 0.928. The quantitative estimate of drug-likeness (QED) is 0.173. The van der Waals surface area contributed by atoms with Crippen molar-refractivity contribution in [2.24, 2.45) is 5.92 Å². The second kappa shape index (κ2) is 16.9. The number of halogens is 7. The Kier molecular flexibility index (Phi) is 12.3. The van der Waals surface area contributed by atoms with E-state index in [1.807, 2.05) is 9.62 Å². The van der Waals surface area contributed by atoms with Crippen LogP contribution in [0.25, 0.3) is 0 Å². The van der Waals surface area contributed by atoms with Gasteiger partial charge in [0.05, 0.1) is 34.5 Å². The molecule has 4 fully saturated rings. The number of hydrogen-bond acceptors (Lipinski definition) is 11. The summed E-state index contributed by atoms with van der Waals surface area (Å²) in [6, 6.07) is 5.52. The van der Waals surface area contributed by atoms with Crippen LogP contribution in [-0.2, 0) is 21.0 Å². The van der Waals surface area contributed by atoms with Crippen molar-refractivity contribution in [2.75, 3.05) is 60.9 Å². The number of piperidine rings is 4. The Morgan fingerprint density at radius 2 is 1.72 bits per heavy atom. The average Bonchev–Trinajstić information content (AvgIpc) is 3.16. The highest BCUT2D eigenvalue weighted by atomic mass is 32.2. The molecule has 5 heterocycles. The van der Waals surface area contributed by atoms with Crippen molar-refractivity contribution in [3.8, 4) is 0 Å². The molecule has 5 N–H and O–H groups in total. The summed E-state index contributed by atoms with van der Waals surface area (Å²) in [7, 11) is -4.66. The van der Waals surface area contributed by atoms with Gasteiger partial charge >= 0.3 is 6.18 Å². The van der Waals surface area contributed by atoms with Crippen LogP contribution >= 0.6 is 0 Å². The molecule has 2 unspecified atom stereocenters. The lowest BCUT2D eigenvalue weighted by atomic mass is 9.89. The van der Waals surface area contributed by atoms with Crippen molar-refractivity contribution in [1.82, 2.24) is 24.9 Å². The fourth-order valence-electron chi connectivity index (χ4n) is 8.59. The van der Waals surface area contributed by atoms with Crippen LogP contribution in [0.1, 0.15) is 68.9 Å². The molecule has 1 aromatic heterocycles. The number of carbonyl (C=O) groups excluding carboxylic acids is 1. The van der Waals surface area contributed by atoms with E-state index in [-0.39, 0.29) is 50.0 Å². The highest BCUT2D eigenvalue weighted by molar-refractivity contribution is 7.89. The van der Waals surface area contributed by atoms with E-state index in [1.54, 1.807) is 17.0 Å². The van der Waals surface area contributed by atoms with Gasteiger partial charge in [-0.2, -0.15) is 18.2 Å². The smallest absolute Gasteiger partial charge is 0.388 e. The number of nitrogens with zero attached hydrogens (tertiary/aromatic N) is 5. The summed E-state index contributed by atoms with van der Waals surface area (Å²) >= 11 is 0. The molecular formula is C39H47F7N8O5S. The molecule has 13 nitrogen and oxygen atoms in total. The number of rotatable bonds is 10. The maximum atomic E-state index is 15.5. The molecule has 4 aliphatic rings. The largest absolute Gasteiger partial charge is 0.421 e. The molecule has 0 aliphatic carbocycles. The predicted octanol–water partition coefficient (Wildman–Crippen LogP) is 5.08. The van der Waals surface area contributed by atoms with Gasteiger partial charge in [0.25, 0.3) is 5.92 Å². The van der Waals surface area contributed by atoms with Gasteiger partial charge in [-0.05, 0) is 87.3 Å². The number of anilines is 4. The minimum absolute atomic E-state index is 0.0319. The molecule has 328 valence electrons. The molecular weight excluding hydrogens is 826 g/mol. The van der Waals surface area contributed by atoms with Gasteiger partial charge in [0.1, 0.15) is 29.2 Å². The van der Waals surface area contributed by atoms with E-state index in [4.69, 9.17) is 0 Å². The second-order valence-electron chi connectivity index (χ2n) is 16.5. The Morgan fingerprint density at radius 1 is 0.967 bits per heavy atom.